The fourth-order valence-electron chi connectivity index (χ4n) is 9.28. The van der Waals surface area contributed by atoms with Crippen molar-refractivity contribution < 1.29 is 4.57 Å². The van der Waals surface area contributed by atoms with Crippen LogP contribution in [0.5, 0.6) is 0 Å². The molecule has 0 bridgehead atoms. The Morgan fingerprint density at radius 1 is 0.349 bits per heavy atom. The summed E-state index contributed by atoms with van der Waals surface area (Å²) in [6.07, 6.45) is 5.79. The molecule has 1 saturated carbocycles. The van der Waals surface area contributed by atoms with Gasteiger partial charge in [-0.1, -0.05) is 232 Å². The van der Waals surface area contributed by atoms with Crippen LogP contribution in [0.4, 0.5) is 0 Å². The Hall–Kier alpha value is -7.00. The Morgan fingerprint density at radius 3 is 1.24 bits per heavy atom. The molecule has 1 aliphatic carbocycles. The van der Waals surface area contributed by atoms with Gasteiger partial charge in [0.25, 0.3) is 0 Å². The maximum absolute atomic E-state index is 13.9. The molecule has 0 amide bonds. The molecule has 10 rings (SSSR count). The average molecular weight is 834 g/mol. The van der Waals surface area contributed by atoms with Crippen LogP contribution in [0.15, 0.2) is 212 Å². The Bertz CT molecular complexity index is 3020. The summed E-state index contributed by atoms with van der Waals surface area (Å²) in [7, 11) is -2.69. The summed E-state index contributed by atoms with van der Waals surface area (Å²) in [5.41, 5.74) is 12.4. The summed E-state index contributed by atoms with van der Waals surface area (Å²) < 4.78 is 13.9. The van der Waals surface area contributed by atoms with Gasteiger partial charge in [-0.05, 0) is 64.0 Å². The number of hydrogen-bond acceptors (Lipinski definition) is 4. The fourth-order valence-corrected chi connectivity index (χ4v) is 11.0. The van der Waals surface area contributed by atoms with Crippen LogP contribution in [0.25, 0.3) is 67.5 Å². The minimum Gasteiger partial charge on any atom is -0.314 e. The zero-order chi connectivity index (χ0) is 42.6. The van der Waals surface area contributed by atoms with Crippen molar-refractivity contribution in [3.05, 3.63) is 223 Å². The quantitative estimate of drug-likeness (QED) is 0.129. The SMILES string of the molecule is CP(=O)(c1ccccc1)c1ccc(-c2cccc(C3(c4ccc(-c5nc(-c6ccccc6)nc(-c6ccc(-c7ccc(-c8ccccc8)cc7)cc6)n5)cc4)CCCCC3)c2)cc1. The van der Waals surface area contributed by atoms with Gasteiger partial charge in [0.2, 0.25) is 0 Å². The lowest BCUT2D eigenvalue weighted by Gasteiger charge is -2.39. The molecule has 0 aliphatic heterocycles. The lowest BCUT2D eigenvalue weighted by atomic mass is 9.65. The van der Waals surface area contributed by atoms with Crippen LogP contribution >= 0.6 is 7.14 Å². The van der Waals surface area contributed by atoms with Crippen molar-refractivity contribution in [2.45, 2.75) is 37.5 Å². The zero-order valence-corrected chi connectivity index (χ0v) is 36.3. The van der Waals surface area contributed by atoms with Crippen LogP contribution in [0, 0.1) is 0 Å². The predicted molar refractivity (Wildman–Crippen MR) is 262 cm³/mol. The fraction of sp³-hybridized carbons (Fsp3) is 0.121. The van der Waals surface area contributed by atoms with E-state index in [0.717, 1.165) is 56.8 Å². The first-order chi connectivity index (χ1) is 30.9. The zero-order valence-electron chi connectivity index (χ0n) is 35.4. The van der Waals surface area contributed by atoms with Crippen molar-refractivity contribution in [2.75, 3.05) is 6.66 Å². The van der Waals surface area contributed by atoms with Crippen LogP contribution in [-0.2, 0) is 9.98 Å². The molecule has 1 aliphatic rings. The summed E-state index contributed by atoms with van der Waals surface area (Å²) in [5.74, 6) is 1.94. The van der Waals surface area contributed by atoms with Gasteiger partial charge in [-0.15, -0.1) is 0 Å². The summed E-state index contributed by atoms with van der Waals surface area (Å²) in [5, 5.41) is 1.75. The molecule has 0 saturated heterocycles. The third kappa shape index (κ3) is 8.23. The topological polar surface area (TPSA) is 55.7 Å². The normalized spacial score (nSPS) is 14.4. The number of hydrogen-bond donors (Lipinski definition) is 0. The Morgan fingerprint density at radius 2 is 0.714 bits per heavy atom. The standard InChI is InChI=1S/C58H48N3OP/c1-63(62,53-21-10-4-11-22-53)54-37-33-46(34-38-54)50-19-14-20-52(41-50)58(39-12-5-13-40-58)51-35-31-49(32-36-51)57-60-55(47-17-8-3-9-18-47)59-56(61-57)48-29-27-45(28-30-48)44-25-23-43(24-26-44)42-15-6-2-7-16-42/h2-4,6-11,14-38,41H,5,12-13,39-40H2,1H3. The van der Waals surface area contributed by atoms with E-state index in [2.05, 4.69) is 146 Å². The number of benzene rings is 8. The maximum Gasteiger partial charge on any atom is 0.164 e. The molecule has 4 nitrogen and oxygen atoms in total. The van der Waals surface area contributed by atoms with Crippen LogP contribution in [0.2, 0.25) is 0 Å². The van der Waals surface area contributed by atoms with E-state index in [-0.39, 0.29) is 5.41 Å². The van der Waals surface area contributed by atoms with E-state index in [1.807, 2.05) is 73.4 Å². The molecule has 0 N–H and O–H groups in total. The lowest BCUT2D eigenvalue weighted by Crippen LogP contribution is -2.30. The second kappa shape index (κ2) is 17.4. The molecule has 0 spiro atoms. The number of nitrogens with zero attached hydrogens (tertiary/aromatic N) is 3. The summed E-state index contributed by atoms with van der Waals surface area (Å²) in [4.78, 5) is 15.2. The second-order valence-corrected chi connectivity index (χ2v) is 19.7. The van der Waals surface area contributed by atoms with Crippen molar-refractivity contribution in [1.82, 2.24) is 15.0 Å². The van der Waals surface area contributed by atoms with Gasteiger partial charge in [0.1, 0.15) is 7.14 Å². The van der Waals surface area contributed by atoms with Crippen molar-refractivity contribution >= 4 is 17.8 Å². The molecule has 1 atom stereocenters. The van der Waals surface area contributed by atoms with Crippen molar-refractivity contribution in [3.8, 4) is 67.5 Å². The molecular formula is C58H48N3OP. The Kier molecular flexibility index (Phi) is 11.1. The summed E-state index contributed by atoms with van der Waals surface area (Å²) in [6.45, 7) is 1.86. The van der Waals surface area contributed by atoms with E-state index in [1.165, 1.54) is 47.1 Å². The number of rotatable bonds is 10. The molecule has 1 unspecified atom stereocenters. The van der Waals surface area contributed by atoms with Crippen LogP contribution in [0.1, 0.15) is 43.2 Å². The van der Waals surface area contributed by atoms with Gasteiger partial charge in [0.15, 0.2) is 17.5 Å². The van der Waals surface area contributed by atoms with Gasteiger partial charge < -0.3 is 4.57 Å². The molecule has 8 aromatic carbocycles. The first-order valence-electron chi connectivity index (χ1n) is 22.0. The van der Waals surface area contributed by atoms with E-state index in [0.29, 0.717) is 17.5 Å². The summed E-state index contributed by atoms with van der Waals surface area (Å²) >= 11 is 0. The first-order valence-corrected chi connectivity index (χ1v) is 24.1. The molecule has 1 fully saturated rings. The van der Waals surface area contributed by atoms with E-state index in [1.54, 1.807) is 0 Å². The highest BCUT2D eigenvalue weighted by Crippen LogP contribution is 2.46. The molecule has 9 aromatic rings. The van der Waals surface area contributed by atoms with Gasteiger partial charge in [0, 0.05) is 32.7 Å². The Labute approximate surface area is 370 Å². The monoisotopic (exact) mass is 833 g/mol. The van der Waals surface area contributed by atoms with Gasteiger partial charge in [-0.3, -0.25) is 0 Å². The smallest absolute Gasteiger partial charge is 0.164 e. The molecule has 1 aromatic heterocycles. The van der Waals surface area contributed by atoms with Gasteiger partial charge in [0.05, 0.1) is 0 Å². The third-order valence-corrected chi connectivity index (χ3v) is 15.5. The highest BCUT2D eigenvalue weighted by Gasteiger charge is 2.36. The predicted octanol–water partition coefficient (Wildman–Crippen LogP) is 14.1. The first kappa shape index (κ1) is 40.1. The number of aromatic nitrogens is 3. The maximum atomic E-state index is 13.9. The van der Waals surface area contributed by atoms with Crippen molar-refractivity contribution in [3.63, 3.8) is 0 Å². The Balaban J connectivity index is 0.950. The highest BCUT2D eigenvalue weighted by molar-refractivity contribution is 7.78. The van der Waals surface area contributed by atoms with Crippen LogP contribution in [0.3, 0.4) is 0 Å². The van der Waals surface area contributed by atoms with Gasteiger partial charge in [-0.25, -0.2) is 15.0 Å². The van der Waals surface area contributed by atoms with Gasteiger partial charge >= 0.3 is 0 Å². The van der Waals surface area contributed by atoms with E-state index in [9.17, 15) is 4.57 Å². The molecular weight excluding hydrogens is 786 g/mol. The molecule has 1 heterocycles. The van der Waals surface area contributed by atoms with E-state index >= 15 is 0 Å². The molecule has 5 heteroatoms. The minimum absolute atomic E-state index is 0.109. The largest absolute Gasteiger partial charge is 0.314 e. The van der Waals surface area contributed by atoms with Crippen molar-refractivity contribution in [2.24, 2.45) is 0 Å². The van der Waals surface area contributed by atoms with Crippen LogP contribution in [-0.4, -0.2) is 21.6 Å². The summed E-state index contributed by atoms with van der Waals surface area (Å²) in [6, 6.07) is 74.1. The molecule has 63 heavy (non-hydrogen) atoms. The second-order valence-electron chi connectivity index (χ2n) is 16.8. The highest BCUT2D eigenvalue weighted by atomic mass is 31.2. The lowest BCUT2D eigenvalue weighted by molar-refractivity contribution is 0.346. The van der Waals surface area contributed by atoms with E-state index < -0.39 is 7.14 Å². The van der Waals surface area contributed by atoms with Crippen LogP contribution < -0.4 is 10.6 Å². The van der Waals surface area contributed by atoms with Gasteiger partial charge in [-0.2, -0.15) is 0 Å². The molecule has 306 valence electrons. The van der Waals surface area contributed by atoms with Crippen molar-refractivity contribution in [1.29, 1.82) is 0 Å². The molecule has 0 radical (unpaired) electrons. The third-order valence-electron chi connectivity index (χ3n) is 12.9. The van der Waals surface area contributed by atoms with E-state index in [4.69, 9.17) is 15.0 Å². The minimum atomic E-state index is -2.69. The average Bonchev–Trinajstić information content (AvgIpc) is 3.37.